The molecule has 0 unspecified atom stereocenters. The molecule has 3 rings (SSSR count). The van der Waals surface area contributed by atoms with Crippen LogP contribution in [0, 0.1) is 6.92 Å². The van der Waals surface area contributed by atoms with E-state index in [2.05, 4.69) is 10.3 Å². The number of furan rings is 1. The van der Waals surface area contributed by atoms with Gasteiger partial charge in [-0.25, -0.2) is 13.4 Å². The number of likely N-dealkylation sites (N-methyl/N-ethyl adjacent to an activating group) is 1. The lowest BCUT2D eigenvalue weighted by atomic mass is 10.2. The molecule has 0 aromatic carbocycles. The number of nitrogens with zero attached hydrogens (tertiary/aromatic N) is 3. The quantitative estimate of drug-likeness (QED) is 0.763. The van der Waals surface area contributed by atoms with Crippen LogP contribution in [0.2, 0.25) is 0 Å². The zero-order chi connectivity index (χ0) is 21.0. The van der Waals surface area contributed by atoms with Gasteiger partial charge in [0.1, 0.15) is 12.4 Å². The van der Waals surface area contributed by atoms with Crippen LogP contribution in [-0.4, -0.2) is 61.1 Å². The van der Waals surface area contributed by atoms with Crippen molar-refractivity contribution in [2.75, 3.05) is 32.0 Å². The van der Waals surface area contributed by atoms with Crippen molar-refractivity contribution in [1.82, 2.24) is 14.2 Å². The predicted molar refractivity (Wildman–Crippen MR) is 106 cm³/mol. The van der Waals surface area contributed by atoms with E-state index in [0.29, 0.717) is 18.9 Å². The summed E-state index contributed by atoms with van der Waals surface area (Å²) in [5, 5.41) is 2.36. The molecule has 0 bridgehead atoms. The van der Waals surface area contributed by atoms with Gasteiger partial charge in [-0.2, -0.15) is 4.31 Å². The van der Waals surface area contributed by atoms with Crippen molar-refractivity contribution in [2.45, 2.75) is 31.3 Å². The summed E-state index contributed by atoms with van der Waals surface area (Å²) in [7, 11) is -2.32. The van der Waals surface area contributed by atoms with Gasteiger partial charge in [-0.3, -0.25) is 9.59 Å². The van der Waals surface area contributed by atoms with Crippen molar-refractivity contribution in [2.24, 2.45) is 0 Å². The number of piperidine rings is 1. The summed E-state index contributed by atoms with van der Waals surface area (Å²) in [6.45, 7) is 2.53. The highest BCUT2D eigenvalue weighted by molar-refractivity contribution is 7.89. The monoisotopic (exact) mass is 420 g/mol. The van der Waals surface area contributed by atoms with Crippen molar-refractivity contribution in [3.05, 3.63) is 41.8 Å². The van der Waals surface area contributed by atoms with Gasteiger partial charge in [0.25, 0.3) is 15.9 Å². The SMILES string of the molecule is Cc1ccnc(NC(=O)CN(C)C(=O)c2ccc(S(=O)(=O)N3CCCCC3)o2)c1. The number of hydrogen-bond acceptors (Lipinski definition) is 6. The van der Waals surface area contributed by atoms with Gasteiger partial charge in [0.15, 0.2) is 5.76 Å². The Labute approximate surface area is 169 Å². The van der Waals surface area contributed by atoms with Gasteiger partial charge in [-0.05, 0) is 49.6 Å². The molecular formula is C19H24N4O5S. The van der Waals surface area contributed by atoms with Gasteiger partial charge in [0.05, 0.1) is 0 Å². The maximum absolute atomic E-state index is 12.6. The summed E-state index contributed by atoms with van der Waals surface area (Å²) >= 11 is 0. The van der Waals surface area contributed by atoms with Crippen LogP contribution >= 0.6 is 0 Å². The fourth-order valence-corrected chi connectivity index (χ4v) is 4.50. The van der Waals surface area contributed by atoms with E-state index in [1.54, 1.807) is 18.3 Å². The molecule has 2 amide bonds. The molecule has 0 aliphatic carbocycles. The van der Waals surface area contributed by atoms with E-state index in [1.807, 2.05) is 6.92 Å². The van der Waals surface area contributed by atoms with Gasteiger partial charge in [0, 0.05) is 26.3 Å². The second-order valence-electron chi connectivity index (χ2n) is 7.01. The molecule has 9 nitrogen and oxygen atoms in total. The Kier molecular flexibility index (Phi) is 6.33. The van der Waals surface area contributed by atoms with E-state index in [0.717, 1.165) is 29.7 Å². The standard InChI is InChI=1S/C19H24N4O5S/c1-14-8-9-20-16(12-14)21-17(24)13-22(2)19(25)15-6-7-18(28-15)29(26,27)23-10-4-3-5-11-23/h6-9,12H,3-5,10-11,13H2,1-2H3,(H,20,21,24). The van der Waals surface area contributed by atoms with E-state index in [1.165, 1.54) is 23.5 Å². The molecular weight excluding hydrogens is 396 g/mol. The van der Waals surface area contributed by atoms with Crippen LogP contribution in [0.1, 0.15) is 35.4 Å². The van der Waals surface area contributed by atoms with Gasteiger partial charge in [-0.1, -0.05) is 6.42 Å². The van der Waals surface area contributed by atoms with E-state index in [9.17, 15) is 18.0 Å². The lowest BCUT2D eigenvalue weighted by molar-refractivity contribution is -0.116. The number of nitrogens with one attached hydrogen (secondary N) is 1. The van der Waals surface area contributed by atoms with E-state index in [-0.39, 0.29) is 17.4 Å². The number of anilines is 1. The molecule has 0 radical (unpaired) electrons. The van der Waals surface area contributed by atoms with Crippen LogP contribution in [-0.2, 0) is 14.8 Å². The van der Waals surface area contributed by atoms with Gasteiger partial charge >= 0.3 is 0 Å². The molecule has 1 aliphatic heterocycles. The molecule has 2 aromatic heterocycles. The second-order valence-corrected chi connectivity index (χ2v) is 8.88. The first-order valence-electron chi connectivity index (χ1n) is 9.35. The van der Waals surface area contributed by atoms with Crippen LogP contribution in [0.4, 0.5) is 5.82 Å². The average molecular weight is 420 g/mol. The Morgan fingerprint density at radius 1 is 1.21 bits per heavy atom. The van der Waals surface area contributed by atoms with E-state index < -0.39 is 21.8 Å². The third kappa shape index (κ3) is 5.01. The molecule has 0 atom stereocenters. The van der Waals surface area contributed by atoms with Crippen molar-refractivity contribution < 1.29 is 22.4 Å². The molecule has 0 saturated carbocycles. The number of pyridine rings is 1. The first-order valence-corrected chi connectivity index (χ1v) is 10.8. The average Bonchev–Trinajstić information content (AvgIpc) is 3.19. The summed E-state index contributed by atoms with van der Waals surface area (Å²) in [5.74, 6) is -0.752. The molecule has 1 fully saturated rings. The molecule has 1 saturated heterocycles. The Hall–Kier alpha value is -2.72. The van der Waals surface area contributed by atoms with Gasteiger partial charge in [-0.15, -0.1) is 0 Å². The number of aryl methyl sites for hydroxylation is 1. The molecule has 1 N–H and O–H groups in total. The van der Waals surface area contributed by atoms with Crippen LogP contribution in [0.5, 0.6) is 0 Å². The minimum absolute atomic E-state index is 0.135. The van der Waals surface area contributed by atoms with Gasteiger partial charge in [0.2, 0.25) is 11.0 Å². The van der Waals surface area contributed by atoms with Crippen molar-refractivity contribution in [3.8, 4) is 0 Å². The zero-order valence-corrected chi connectivity index (χ0v) is 17.2. The number of hydrogen-bond donors (Lipinski definition) is 1. The zero-order valence-electron chi connectivity index (χ0n) is 16.4. The first kappa shape index (κ1) is 21.0. The van der Waals surface area contributed by atoms with Gasteiger partial charge < -0.3 is 14.6 Å². The maximum atomic E-state index is 12.6. The number of rotatable bonds is 6. The van der Waals surface area contributed by atoms with E-state index >= 15 is 0 Å². The Balaban J connectivity index is 1.63. The van der Waals surface area contributed by atoms with Crippen LogP contribution in [0.25, 0.3) is 0 Å². The smallest absolute Gasteiger partial charge is 0.289 e. The third-order valence-corrected chi connectivity index (χ3v) is 6.38. The fraction of sp³-hybridized carbons (Fsp3) is 0.421. The molecule has 29 heavy (non-hydrogen) atoms. The highest BCUT2D eigenvalue weighted by Crippen LogP contribution is 2.23. The van der Waals surface area contributed by atoms with Crippen molar-refractivity contribution in [3.63, 3.8) is 0 Å². The lowest BCUT2D eigenvalue weighted by Crippen LogP contribution is -2.35. The minimum Gasteiger partial charge on any atom is -0.438 e. The van der Waals surface area contributed by atoms with Crippen LogP contribution in [0.15, 0.2) is 40.0 Å². The van der Waals surface area contributed by atoms with E-state index in [4.69, 9.17) is 4.42 Å². The first-order chi connectivity index (χ1) is 13.8. The number of sulfonamides is 1. The third-order valence-electron chi connectivity index (χ3n) is 4.61. The normalized spacial score (nSPS) is 15.1. The number of aromatic nitrogens is 1. The van der Waals surface area contributed by atoms with Crippen LogP contribution in [0.3, 0.4) is 0 Å². The van der Waals surface area contributed by atoms with Crippen LogP contribution < -0.4 is 5.32 Å². The molecule has 3 heterocycles. The maximum Gasteiger partial charge on any atom is 0.289 e. The molecule has 2 aromatic rings. The lowest BCUT2D eigenvalue weighted by Gasteiger charge is -2.24. The topological polar surface area (TPSA) is 113 Å². The Bertz CT molecular complexity index is 996. The molecule has 10 heteroatoms. The summed E-state index contributed by atoms with van der Waals surface area (Å²) in [4.78, 5) is 29.9. The highest BCUT2D eigenvalue weighted by atomic mass is 32.2. The Morgan fingerprint density at radius 2 is 1.93 bits per heavy atom. The highest BCUT2D eigenvalue weighted by Gasteiger charge is 2.30. The number of carbonyl (C=O) groups excluding carboxylic acids is 2. The summed E-state index contributed by atoms with van der Waals surface area (Å²) < 4.78 is 32.0. The Morgan fingerprint density at radius 3 is 2.62 bits per heavy atom. The second kappa shape index (κ2) is 8.75. The molecule has 156 valence electrons. The van der Waals surface area contributed by atoms with Crippen molar-refractivity contribution >= 4 is 27.7 Å². The minimum atomic E-state index is -3.76. The fourth-order valence-electron chi connectivity index (χ4n) is 3.07. The number of carbonyl (C=O) groups is 2. The number of amides is 2. The largest absolute Gasteiger partial charge is 0.438 e. The van der Waals surface area contributed by atoms with Crippen molar-refractivity contribution in [1.29, 1.82) is 0 Å². The molecule has 0 spiro atoms. The predicted octanol–water partition coefficient (Wildman–Crippen LogP) is 1.87. The summed E-state index contributed by atoms with van der Waals surface area (Å²) in [6, 6.07) is 6.11. The summed E-state index contributed by atoms with van der Waals surface area (Å²) in [6.07, 6.45) is 4.19. The molecule has 1 aliphatic rings. The summed E-state index contributed by atoms with van der Waals surface area (Å²) in [5.41, 5.74) is 0.942.